The van der Waals surface area contributed by atoms with E-state index in [0.717, 1.165) is 0 Å². The first-order valence-electron chi connectivity index (χ1n) is 18.8. The number of rotatable bonds is 5. The Kier molecular flexibility index (Phi) is 6.21. The highest BCUT2D eigenvalue weighted by atomic mass is 15.9. The summed E-state index contributed by atoms with van der Waals surface area (Å²) in [5.74, 6) is 0. The second kappa shape index (κ2) is 11.3. The largest absolute Gasteiger partial charge is 0.309 e. The molecule has 1 fully saturated rings. The number of nitrogens with zero attached hydrogens (tertiary/aromatic N) is 4. The van der Waals surface area contributed by atoms with Crippen molar-refractivity contribution >= 4 is 49.3 Å². The summed E-state index contributed by atoms with van der Waals surface area (Å²) in [4.78, 5) is 0. The molecule has 0 aliphatic carbocycles. The Morgan fingerprint density at radius 3 is 1.48 bits per heavy atom. The van der Waals surface area contributed by atoms with E-state index in [1.807, 2.05) is 0 Å². The molecule has 2 aliphatic heterocycles. The molecule has 3 atom stereocenters. The van der Waals surface area contributed by atoms with E-state index in [2.05, 4.69) is 213 Å². The van der Waals surface area contributed by atoms with Crippen LogP contribution in [0.5, 0.6) is 0 Å². The summed E-state index contributed by atoms with van der Waals surface area (Å²) in [6.45, 7) is 0. The fraction of sp³-hybridized carbons (Fsp3) is 0.0400. The van der Waals surface area contributed by atoms with Crippen molar-refractivity contribution < 1.29 is 0 Å². The molecule has 4 nitrogen and oxygen atoms in total. The fourth-order valence-electron chi connectivity index (χ4n) is 9.27. The van der Waals surface area contributed by atoms with E-state index in [1.54, 1.807) is 0 Å². The molecule has 0 amide bonds. The minimum Gasteiger partial charge on any atom is -0.309 e. The third-order valence-electron chi connectivity index (χ3n) is 11.7. The molecule has 2 unspecified atom stereocenters. The van der Waals surface area contributed by atoms with Gasteiger partial charge in [-0.15, -0.1) is 0 Å². The van der Waals surface area contributed by atoms with Gasteiger partial charge in [0, 0.05) is 38.5 Å². The van der Waals surface area contributed by atoms with Gasteiger partial charge in [0.2, 0.25) is 0 Å². The Hall–Kier alpha value is -6.88. The number of fused-ring (bicyclic) bond motifs is 9. The van der Waals surface area contributed by atoms with Gasteiger partial charge in [0.1, 0.15) is 6.17 Å². The van der Waals surface area contributed by atoms with Crippen LogP contribution in [-0.2, 0) is 0 Å². The van der Waals surface area contributed by atoms with Crippen molar-refractivity contribution in [3.63, 3.8) is 0 Å². The predicted molar refractivity (Wildman–Crippen MR) is 222 cm³/mol. The first-order chi connectivity index (χ1) is 26.8. The zero-order valence-corrected chi connectivity index (χ0v) is 29.4. The van der Waals surface area contributed by atoms with Gasteiger partial charge in [0.25, 0.3) is 0 Å². The molecule has 8 aromatic carbocycles. The van der Waals surface area contributed by atoms with E-state index < -0.39 is 0 Å². The van der Waals surface area contributed by atoms with Crippen molar-refractivity contribution in [3.8, 4) is 22.5 Å². The second-order valence-corrected chi connectivity index (χ2v) is 14.6. The molecular formula is C50H34N4. The lowest BCUT2D eigenvalue weighted by atomic mass is 9.97. The quantitative estimate of drug-likeness (QED) is 0.167. The van der Waals surface area contributed by atoms with Gasteiger partial charge in [0.15, 0.2) is 0 Å². The van der Waals surface area contributed by atoms with Crippen LogP contribution in [0.25, 0.3) is 66.1 Å². The van der Waals surface area contributed by atoms with E-state index in [0.29, 0.717) is 0 Å². The SMILES string of the molecule is c1ccc(C2c3ccccc3N3C(c4ccc(-n5c6ccccc6c6cc(-c7ccc8c(c7)c7ccccc7n8-c7ccccc7)ccc65)cc4)[N@]23)cc1. The van der Waals surface area contributed by atoms with Crippen LogP contribution in [0.15, 0.2) is 194 Å². The average Bonchev–Trinajstić information content (AvgIpc) is 3.55. The van der Waals surface area contributed by atoms with Gasteiger partial charge in [-0.05, 0) is 89.0 Å². The molecule has 10 aromatic rings. The summed E-state index contributed by atoms with van der Waals surface area (Å²) in [6, 6.07) is 71.3. The summed E-state index contributed by atoms with van der Waals surface area (Å²) in [6.07, 6.45) is 0.221. The van der Waals surface area contributed by atoms with E-state index in [9.17, 15) is 0 Å². The van der Waals surface area contributed by atoms with Gasteiger partial charge in [-0.2, -0.15) is 5.01 Å². The van der Waals surface area contributed by atoms with Crippen LogP contribution in [0.4, 0.5) is 5.69 Å². The van der Waals surface area contributed by atoms with Crippen molar-refractivity contribution in [2.75, 3.05) is 5.01 Å². The summed E-state index contributed by atoms with van der Waals surface area (Å²) in [7, 11) is 0. The van der Waals surface area contributed by atoms with E-state index in [1.165, 1.54) is 88.5 Å². The maximum atomic E-state index is 2.52. The first kappa shape index (κ1) is 29.7. The normalized spacial score (nSPS) is 17.4. The number of aromatic nitrogens is 2. The number of anilines is 1. The Labute approximate surface area is 312 Å². The molecule has 0 bridgehead atoms. The molecule has 254 valence electrons. The highest BCUT2D eigenvalue weighted by Gasteiger charge is 2.57. The highest BCUT2D eigenvalue weighted by molar-refractivity contribution is 6.12. The van der Waals surface area contributed by atoms with Crippen molar-refractivity contribution in [2.45, 2.75) is 12.2 Å². The van der Waals surface area contributed by atoms with Crippen LogP contribution in [0.2, 0.25) is 0 Å². The molecule has 2 aliphatic rings. The topological polar surface area (TPSA) is 15.9 Å². The molecular weight excluding hydrogens is 657 g/mol. The number of hydrogen-bond acceptors (Lipinski definition) is 2. The van der Waals surface area contributed by atoms with E-state index in [-0.39, 0.29) is 12.2 Å². The minimum absolute atomic E-state index is 0.221. The van der Waals surface area contributed by atoms with E-state index in [4.69, 9.17) is 0 Å². The molecule has 0 N–H and O–H groups in total. The van der Waals surface area contributed by atoms with Gasteiger partial charge in [-0.25, -0.2) is 0 Å². The smallest absolute Gasteiger partial charge is 0.141 e. The van der Waals surface area contributed by atoms with Crippen LogP contribution in [-0.4, -0.2) is 14.1 Å². The molecule has 4 heteroatoms. The van der Waals surface area contributed by atoms with Gasteiger partial charge < -0.3 is 9.13 Å². The number of para-hydroxylation sites is 4. The third kappa shape index (κ3) is 4.23. The van der Waals surface area contributed by atoms with Crippen molar-refractivity contribution in [2.24, 2.45) is 0 Å². The van der Waals surface area contributed by atoms with Crippen LogP contribution >= 0.6 is 0 Å². The Balaban J connectivity index is 0.933. The lowest BCUT2D eigenvalue weighted by Gasteiger charge is -2.16. The molecule has 0 radical (unpaired) electrons. The van der Waals surface area contributed by atoms with Crippen LogP contribution in [0.3, 0.4) is 0 Å². The number of hydrogen-bond donors (Lipinski definition) is 0. The van der Waals surface area contributed by atoms with E-state index >= 15 is 0 Å². The molecule has 12 rings (SSSR count). The van der Waals surface area contributed by atoms with Crippen molar-refractivity contribution in [3.05, 3.63) is 211 Å². The average molecular weight is 691 g/mol. The van der Waals surface area contributed by atoms with Crippen molar-refractivity contribution in [1.82, 2.24) is 14.1 Å². The molecule has 0 spiro atoms. The first-order valence-corrected chi connectivity index (χ1v) is 18.8. The van der Waals surface area contributed by atoms with Gasteiger partial charge in [-0.1, -0.05) is 127 Å². The number of hydrazine groups is 1. The number of benzene rings is 8. The van der Waals surface area contributed by atoms with Crippen LogP contribution in [0.1, 0.15) is 28.9 Å². The van der Waals surface area contributed by atoms with Crippen LogP contribution in [0, 0.1) is 0 Å². The Bertz CT molecular complexity index is 3070. The second-order valence-electron chi connectivity index (χ2n) is 14.6. The highest BCUT2D eigenvalue weighted by Crippen LogP contribution is 2.60. The maximum Gasteiger partial charge on any atom is 0.141 e. The molecule has 0 saturated carbocycles. The predicted octanol–water partition coefficient (Wildman–Crippen LogP) is 12.4. The lowest BCUT2D eigenvalue weighted by Crippen LogP contribution is -2.09. The molecule has 4 heterocycles. The molecule has 2 aromatic heterocycles. The van der Waals surface area contributed by atoms with Crippen molar-refractivity contribution in [1.29, 1.82) is 0 Å². The standard InChI is InChI=1S/C50H34N4/c1-3-13-33(14-4-1)49-41-19-9-12-22-48(41)53-50(54(49)53)34-23-27-38(28-24-34)52-45-21-11-8-18-40(45)43-32-36(26-30-47(43)52)35-25-29-46-42(31-35)39-17-7-10-20-44(39)51(46)37-15-5-2-6-16-37/h1-32,49-50H/t49?,50?,53?,54-/m0/s1. The lowest BCUT2D eigenvalue weighted by molar-refractivity contribution is 0.446. The van der Waals surface area contributed by atoms with Gasteiger partial charge in [0.05, 0.1) is 33.8 Å². The molecule has 54 heavy (non-hydrogen) atoms. The maximum absolute atomic E-state index is 2.52. The fourth-order valence-corrected chi connectivity index (χ4v) is 9.27. The summed E-state index contributed by atoms with van der Waals surface area (Å²) in [5.41, 5.74) is 15.0. The van der Waals surface area contributed by atoms with Crippen LogP contribution < -0.4 is 5.01 Å². The minimum atomic E-state index is 0.221. The Morgan fingerprint density at radius 1 is 0.352 bits per heavy atom. The van der Waals surface area contributed by atoms with Gasteiger partial charge in [-0.3, -0.25) is 5.01 Å². The monoisotopic (exact) mass is 690 g/mol. The third-order valence-corrected chi connectivity index (χ3v) is 11.7. The molecule has 1 saturated heterocycles. The summed E-state index contributed by atoms with van der Waals surface area (Å²) < 4.78 is 4.80. The zero-order chi connectivity index (χ0) is 35.3. The van der Waals surface area contributed by atoms with Gasteiger partial charge >= 0.3 is 0 Å². The summed E-state index contributed by atoms with van der Waals surface area (Å²) >= 11 is 0. The zero-order valence-electron chi connectivity index (χ0n) is 29.4. The summed E-state index contributed by atoms with van der Waals surface area (Å²) in [5, 5.41) is 10.0. The Morgan fingerprint density at radius 2 is 0.852 bits per heavy atom.